The molecule has 4 aromatic rings. The fourth-order valence-corrected chi connectivity index (χ4v) is 3.17. The summed E-state index contributed by atoms with van der Waals surface area (Å²) in [7, 11) is 0. The fraction of sp³-hybridized carbons (Fsp3) is 0.130. The number of aromatic nitrogens is 2. The molecule has 2 N–H and O–H groups in total. The summed E-state index contributed by atoms with van der Waals surface area (Å²) in [5.41, 5.74) is 3.13. The maximum absolute atomic E-state index is 12.3. The number of amides is 1. The van der Waals surface area contributed by atoms with Gasteiger partial charge in [0.25, 0.3) is 0 Å². The van der Waals surface area contributed by atoms with Crippen LogP contribution in [0.25, 0.3) is 11.0 Å². The van der Waals surface area contributed by atoms with E-state index < -0.39 is 0 Å². The molecule has 0 bridgehead atoms. The van der Waals surface area contributed by atoms with Crippen molar-refractivity contribution in [3.05, 3.63) is 88.8 Å². The maximum Gasteiger partial charge on any atom is 0.326 e. The minimum Gasteiger partial charge on any atom is -0.457 e. The molecule has 6 heteroatoms. The molecule has 1 aromatic heterocycles. The number of aryl methyl sites for hydroxylation is 2. The number of anilines is 1. The number of aromatic amines is 1. The van der Waals surface area contributed by atoms with Gasteiger partial charge in [-0.2, -0.15) is 0 Å². The summed E-state index contributed by atoms with van der Waals surface area (Å²) in [6.45, 7) is 2.28. The molecule has 0 aliphatic carbocycles. The molecule has 3 aromatic carbocycles. The third kappa shape index (κ3) is 4.38. The first-order chi connectivity index (χ1) is 14.1. The average molecular weight is 387 g/mol. The van der Waals surface area contributed by atoms with Gasteiger partial charge in [0.05, 0.1) is 11.0 Å². The summed E-state index contributed by atoms with van der Waals surface area (Å²) in [6, 6.07) is 22.4. The smallest absolute Gasteiger partial charge is 0.326 e. The molecule has 0 atom stereocenters. The van der Waals surface area contributed by atoms with Crippen molar-refractivity contribution in [1.82, 2.24) is 9.55 Å². The molecule has 0 aliphatic heterocycles. The Morgan fingerprint density at radius 2 is 1.72 bits per heavy atom. The van der Waals surface area contributed by atoms with E-state index in [4.69, 9.17) is 4.74 Å². The zero-order chi connectivity index (χ0) is 20.2. The Hall–Kier alpha value is -3.80. The summed E-state index contributed by atoms with van der Waals surface area (Å²) in [6.07, 6.45) is 0.197. The minimum absolute atomic E-state index is 0.157. The maximum atomic E-state index is 12.3. The molecule has 146 valence electrons. The largest absolute Gasteiger partial charge is 0.457 e. The summed E-state index contributed by atoms with van der Waals surface area (Å²) in [5, 5.41) is 2.85. The highest BCUT2D eigenvalue weighted by molar-refractivity contribution is 5.90. The van der Waals surface area contributed by atoms with Gasteiger partial charge in [-0.15, -0.1) is 0 Å². The highest BCUT2D eigenvalue weighted by atomic mass is 16.5. The number of fused-ring (bicyclic) bond motifs is 1. The van der Waals surface area contributed by atoms with Gasteiger partial charge in [-0.1, -0.05) is 24.3 Å². The number of ether oxygens (including phenoxy) is 1. The van der Waals surface area contributed by atoms with Crippen molar-refractivity contribution in [2.75, 3.05) is 5.32 Å². The number of nitrogens with one attached hydrogen (secondary N) is 2. The van der Waals surface area contributed by atoms with E-state index >= 15 is 0 Å². The molecule has 0 spiro atoms. The van der Waals surface area contributed by atoms with E-state index in [2.05, 4.69) is 10.3 Å². The SMILES string of the molecule is Cc1ccc2c(c1)[nH]c(=O)n2CCC(=O)Nc1ccc(Oc2ccccc2)cc1. The van der Waals surface area contributed by atoms with Crippen LogP contribution in [-0.4, -0.2) is 15.5 Å². The molecule has 0 aliphatic rings. The van der Waals surface area contributed by atoms with Crippen molar-refractivity contribution in [3.63, 3.8) is 0 Å². The number of nitrogens with zero attached hydrogens (tertiary/aromatic N) is 1. The lowest BCUT2D eigenvalue weighted by Crippen LogP contribution is -2.21. The number of hydrogen-bond donors (Lipinski definition) is 2. The number of hydrogen-bond acceptors (Lipinski definition) is 3. The molecular weight excluding hydrogens is 366 g/mol. The lowest BCUT2D eigenvalue weighted by Gasteiger charge is -2.08. The molecule has 0 fully saturated rings. The fourth-order valence-electron chi connectivity index (χ4n) is 3.17. The van der Waals surface area contributed by atoms with Gasteiger partial charge in [0.2, 0.25) is 5.91 Å². The predicted molar refractivity (Wildman–Crippen MR) is 114 cm³/mol. The quantitative estimate of drug-likeness (QED) is 0.513. The van der Waals surface area contributed by atoms with Crippen LogP contribution in [0.1, 0.15) is 12.0 Å². The Morgan fingerprint density at radius 1 is 1.00 bits per heavy atom. The Kier molecular flexibility index (Phi) is 5.16. The van der Waals surface area contributed by atoms with Crippen molar-refractivity contribution in [2.45, 2.75) is 19.9 Å². The highest BCUT2D eigenvalue weighted by Crippen LogP contribution is 2.22. The van der Waals surface area contributed by atoms with E-state index in [9.17, 15) is 9.59 Å². The van der Waals surface area contributed by atoms with E-state index in [1.807, 2.05) is 55.5 Å². The third-order valence-electron chi connectivity index (χ3n) is 4.61. The molecule has 0 radical (unpaired) electrons. The predicted octanol–water partition coefficient (Wildman–Crippen LogP) is 4.46. The molecule has 4 rings (SSSR count). The Bertz CT molecular complexity index is 1190. The number of carbonyl (C=O) groups excluding carboxylic acids is 1. The van der Waals surface area contributed by atoms with E-state index in [0.717, 1.165) is 22.3 Å². The van der Waals surface area contributed by atoms with Crippen LogP contribution in [0.4, 0.5) is 5.69 Å². The zero-order valence-electron chi connectivity index (χ0n) is 16.0. The van der Waals surface area contributed by atoms with E-state index in [1.165, 1.54) is 0 Å². The average Bonchev–Trinajstić information content (AvgIpc) is 3.02. The Labute approximate surface area is 167 Å². The summed E-state index contributed by atoms with van der Waals surface area (Å²) in [4.78, 5) is 27.3. The number of imidazole rings is 1. The molecule has 0 saturated carbocycles. The van der Waals surface area contributed by atoms with Crippen LogP contribution in [-0.2, 0) is 11.3 Å². The molecule has 1 amide bonds. The van der Waals surface area contributed by atoms with E-state index in [1.54, 1.807) is 28.8 Å². The van der Waals surface area contributed by atoms with Crippen molar-refractivity contribution in [3.8, 4) is 11.5 Å². The van der Waals surface area contributed by atoms with Crippen LogP contribution < -0.4 is 15.7 Å². The Morgan fingerprint density at radius 3 is 2.48 bits per heavy atom. The minimum atomic E-state index is -0.208. The lowest BCUT2D eigenvalue weighted by molar-refractivity contribution is -0.116. The molecule has 29 heavy (non-hydrogen) atoms. The molecule has 0 unspecified atom stereocenters. The van der Waals surface area contributed by atoms with Gasteiger partial charge in [-0.05, 0) is 61.0 Å². The summed E-state index contributed by atoms with van der Waals surface area (Å²) < 4.78 is 7.33. The lowest BCUT2D eigenvalue weighted by atomic mass is 10.2. The van der Waals surface area contributed by atoms with E-state index in [-0.39, 0.29) is 18.0 Å². The van der Waals surface area contributed by atoms with Crippen LogP contribution in [0, 0.1) is 6.92 Å². The van der Waals surface area contributed by atoms with Gasteiger partial charge in [0.15, 0.2) is 0 Å². The van der Waals surface area contributed by atoms with Gasteiger partial charge >= 0.3 is 5.69 Å². The standard InChI is InChI=1S/C23H21N3O3/c1-16-7-12-21-20(15-16)25-23(28)26(21)14-13-22(27)24-17-8-10-19(11-9-17)29-18-5-3-2-4-6-18/h2-12,15H,13-14H2,1H3,(H,24,27)(H,25,28). The van der Waals surface area contributed by atoms with Crippen LogP contribution in [0.15, 0.2) is 77.6 Å². The first-order valence-electron chi connectivity index (χ1n) is 9.40. The second kappa shape index (κ2) is 8.06. The van der Waals surface area contributed by atoms with Gasteiger partial charge in [0, 0.05) is 18.7 Å². The van der Waals surface area contributed by atoms with Gasteiger partial charge in [-0.3, -0.25) is 9.36 Å². The van der Waals surface area contributed by atoms with Crippen LogP contribution >= 0.6 is 0 Å². The first kappa shape index (κ1) is 18.6. The number of rotatable bonds is 6. The third-order valence-corrected chi connectivity index (χ3v) is 4.61. The molecular formula is C23H21N3O3. The molecule has 1 heterocycles. The Balaban J connectivity index is 1.36. The topological polar surface area (TPSA) is 76.1 Å². The number of carbonyl (C=O) groups is 1. The number of para-hydroxylation sites is 1. The van der Waals surface area contributed by atoms with Gasteiger partial charge in [-0.25, -0.2) is 4.79 Å². The van der Waals surface area contributed by atoms with Crippen molar-refractivity contribution in [2.24, 2.45) is 0 Å². The number of benzene rings is 3. The van der Waals surface area contributed by atoms with Gasteiger partial charge in [0.1, 0.15) is 11.5 Å². The second-order valence-electron chi connectivity index (χ2n) is 6.84. The van der Waals surface area contributed by atoms with Crippen molar-refractivity contribution in [1.29, 1.82) is 0 Å². The summed E-state index contributed by atoms with van der Waals surface area (Å²) in [5.74, 6) is 1.29. The summed E-state index contributed by atoms with van der Waals surface area (Å²) >= 11 is 0. The van der Waals surface area contributed by atoms with Crippen molar-refractivity contribution >= 4 is 22.6 Å². The first-order valence-corrected chi connectivity index (χ1v) is 9.40. The zero-order valence-corrected chi connectivity index (χ0v) is 16.0. The molecule has 6 nitrogen and oxygen atoms in total. The van der Waals surface area contributed by atoms with Crippen LogP contribution in [0.5, 0.6) is 11.5 Å². The van der Waals surface area contributed by atoms with Crippen LogP contribution in [0.2, 0.25) is 0 Å². The molecule has 0 saturated heterocycles. The van der Waals surface area contributed by atoms with Gasteiger partial charge < -0.3 is 15.0 Å². The normalized spacial score (nSPS) is 10.8. The highest BCUT2D eigenvalue weighted by Gasteiger charge is 2.09. The second-order valence-corrected chi connectivity index (χ2v) is 6.84. The van der Waals surface area contributed by atoms with Crippen molar-refractivity contribution < 1.29 is 9.53 Å². The van der Waals surface area contributed by atoms with Crippen LogP contribution in [0.3, 0.4) is 0 Å². The number of H-pyrrole nitrogens is 1. The monoisotopic (exact) mass is 387 g/mol. The van der Waals surface area contributed by atoms with E-state index in [0.29, 0.717) is 18.0 Å².